The van der Waals surface area contributed by atoms with Gasteiger partial charge in [-0.25, -0.2) is 9.59 Å². The fourth-order valence-corrected chi connectivity index (χ4v) is 8.75. The van der Waals surface area contributed by atoms with E-state index in [0.29, 0.717) is 65.7 Å². The largest absolute Gasteiger partial charge is 0.480 e. The van der Waals surface area contributed by atoms with Crippen molar-refractivity contribution in [1.29, 1.82) is 0 Å². The minimum absolute atomic E-state index is 0.149. The van der Waals surface area contributed by atoms with Crippen molar-refractivity contribution in [2.24, 2.45) is 5.41 Å². The van der Waals surface area contributed by atoms with Crippen molar-refractivity contribution in [3.05, 3.63) is 103 Å². The molecule has 10 nitrogen and oxygen atoms in total. The zero-order valence-electron chi connectivity index (χ0n) is 30.5. The second-order valence-corrected chi connectivity index (χ2v) is 16.6. The molecule has 0 aliphatic rings. The van der Waals surface area contributed by atoms with Crippen molar-refractivity contribution in [1.82, 2.24) is 0 Å². The number of carbonyl (C=O) groups excluding carboxylic acids is 2. The van der Waals surface area contributed by atoms with E-state index in [0.717, 1.165) is 9.40 Å². The van der Waals surface area contributed by atoms with Crippen LogP contribution in [0.25, 0.3) is 40.3 Å². The van der Waals surface area contributed by atoms with Gasteiger partial charge in [0.2, 0.25) is 0 Å². The second kappa shape index (κ2) is 17.7. The minimum Gasteiger partial charge on any atom is -0.480 e. The van der Waals surface area contributed by atoms with Crippen LogP contribution in [0.2, 0.25) is 10.0 Å². The molecule has 0 aliphatic carbocycles. The van der Waals surface area contributed by atoms with Gasteiger partial charge in [0, 0.05) is 25.6 Å². The first-order valence-electron chi connectivity index (χ1n) is 17.4. The Morgan fingerprint density at radius 2 is 1.04 bits per heavy atom. The molecule has 2 aromatic heterocycles. The number of rotatable bonds is 16. The molecular weight excluding hydrogens is 787 g/mol. The van der Waals surface area contributed by atoms with Crippen LogP contribution in [0.5, 0.6) is 11.5 Å². The van der Waals surface area contributed by atoms with E-state index in [1.54, 1.807) is 62.4 Å². The van der Waals surface area contributed by atoms with Crippen molar-refractivity contribution in [2.45, 2.75) is 39.9 Å². The lowest BCUT2D eigenvalue weighted by Crippen LogP contribution is -2.31. The third kappa shape index (κ3) is 9.75. The molecule has 2 unspecified atom stereocenters. The Bertz CT molecular complexity index is 2330. The van der Waals surface area contributed by atoms with Crippen LogP contribution in [-0.2, 0) is 28.5 Å². The number of esters is 2. The van der Waals surface area contributed by atoms with Crippen LogP contribution in [0, 0.1) is 5.41 Å². The van der Waals surface area contributed by atoms with Crippen molar-refractivity contribution in [3.8, 4) is 11.5 Å². The standard InChI is InChI=1S/C41H38Cl2O10S2/c1-23(52-33(44)19-50-29-15-13-27(42)35-37(46)25-9-5-7-11-31(25)54-39(29)35)17-48-21-41(3,4)22-49-18-24(2)53-34(45)20-51-30-16-14-28(43)36-38(47)26-10-6-8-12-32(26)55-40(30)36/h5-16,23-24H,17-22H2,1-4H3. The number of halogens is 2. The number of hydrogen-bond donors (Lipinski definition) is 0. The summed E-state index contributed by atoms with van der Waals surface area (Å²) in [5.74, 6) is -0.437. The molecule has 6 aromatic rings. The Balaban J connectivity index is 0.903. The van der Waals surface area contributed by atoms with Crippen LogP contribution in [0.4, 0.5) is 0 Å². The van der Waals surface area contributed by atoms with Gasteiger partial charge in [-0.15, -0.1) is 22.7 Å². The summed E-state index contributed by atoms with van der Waals surface area (Å²) in [4.78, 5) is 51.4. The van der Waals surface area contributed by atoms with Gasteiger partial charge in [0.15, 0.2) is 24.1 Å². The maximum absolute atomic E-state index is 13.1. The number of fused-ring (bicyclic) bond motifs is 4. The highest BCUT2D eigenvalue weighted by atomic mass is 35.5. The Hall–Kier alpha value is -4.30. The molecule has 0 radical (unpaired) electrons. The zero-order valence-corrected chi connectivity index (χ0v) is 33.6. The van der Waals surface area contributed by atoms with E-state index < -0.39 is 29.6 Å². The lowest BCUT2D eigenvalue weighted by molar-refractivity contribution is -0.154. The topological polar surface area (TPSA) is 124 Å². The van der Waals surface area contributed by atoms with Crippen molar-refractivity contribution in [3.63, 3.8) is 0 Å². The van der Waals surface area contributed by atoms with E-state index in [-0.39, 0.29) is 37.3 Å². The fourth-order valence-electron chi connectivity index (χ4n) is 5.81. The maximum atomic E-state index is 13.1. The molecule has 2 heterocycles. The maximum Gasteiger partial charge on any atom is 0.344 e. The van der Waals surface area contributed by atoms with Crippen molar-refractivity contribution >= 4 is 98.2 Å². The summed E-state index contributed by atoms with van der Waals surface area (Å²) in [6, 6.07) is 20.9. The summed E-state index contributed by atoms with van der Waals surface area (Å²) >= 11 is 15.5. The third-order valence-electron chi connectivity index (χ3n) is 8.33. The average molecular weight is 826 g/mol. The Labute approximate surface area is 334 Å². The van der Waals surface area contributed by atoms with Gasteiger partial charge in [-0.05, 0) is 62.4 Å². The molecule has 2 atom stereocenters. The molecule has 0 N–H and O–H groups in total. The first-order chi connectivity index (χ1) is 26.3. The summed E-state index contributed by atoms with van der Waals surface area (Å²) in [5, 5.41) is 2.47. The third-order valence-corrected chi connectivity index (χ3v) is 11.3. The SMILES string of the molecule is CC(COCC(C)(C)COCC(C)OC(=O)COc1ccc(Cl)c2c(=O)c3ccccc3sc12)OC(=O)COc1ccc(Cl)c2c(=O)c3ccccc3sc12. The highest BCUT2D eigenvalue weighted by molar-refractivity contribution is 7.25. The first kappa shape index (κ1) is 40.4. The molecule has 0 fully saturated rings. The lowest BCUT2D eigenvalue weighted by Gasteiger charge is -2.26. The molecule has 0 spiro atoms. The fraction of sp³-hybridized carbons (Fsp3) is 0.317. The number of ether oxygens (including phenoxy) is 6. The lowest BCUT2D eigenvalue weighted by atomic mass is 9.96. The quantitative estimate of drug-likeness (QED) is 0.0691. The van der Waals surface area contributed by atoms with Crippen LogP contribution in [0.15, 0.2) is 82.4 Å². The summed E-state index contributed by atoms with van der Waals surface area (Å²) < 4.78 is 36.9. The van der Waals surface area contributed by atoms with E-state index in [9.17, 15) is 19.2 Å². The van der Waals surface area contributed by atoms with Crippen LogP contribution in [-0.4, -0.2) is 63.8 Å². The van der Waals surface area contributed by atoms with Gasteiger partial charge >= 0.3 is 11.9 Å². The number of hydrogen-bond acceptors (Lipinski definition) is 12. The predicted octanol–water partition coefficient (Wildman–Crippen LogP) is 8.83. The Kier molecular flexibility index (Phi) is 13.0. The van der Waals surface area contributed by atoms with E-state index in [4.69, 9.17) is 51.6 Å². The molecule has 0 saturated heterocycles. The molecule has 288 valence electrons. The van der Waals surface area contributed by atoms with Crippen LogP contribution < -0.4 is 20.3 Å². The van der Waals surface area contributed by atoms with Gasteiger partial charge in [0.1, 0.15) is 23.7 Å². The summed E-state index contributed by atoms with van der Waals surface area (Å²) in [5.41, 5.74) is -0.787. The van der Waals surface area contributed by atoms with Crippen LogP contribution >= 0.6 is 45.9 Å². The molecular formula is C41H38Cl2O10S2. The summed E-state index contributed by atoms with van der Waals surface area (Å²) in [7, 11) is 0. The normalized spacial score (nSPS) is 12.9. The Morgan fingerprint density at radius 1 is 0.636 bits per heavy atom. The van der Waals surface area contributed by atoms with E-state index in [1.807, 2.05) is 38.1 Å². The average Bonchev–Trinajstić information content (AvgIpc) is 3.14. The molecule has 4 aromatic carbocycles. The van der Waals surface area contributed by atoms with Gasteiger partial charge in [0.05, 0.1) is 56.6 Å². The summed E-state index contributed by atoms with van der Waals surface area (Å²) in [6.07, 6.45) is -1.10. The van der Waals surface area contributed by atoms with Crippen molar-refractivity contribution in [2.75, 3.05) is 39.6 Å². The summed E-state index contributed by atoms with van der Waals surface area (Å²) in [6.45, 7) is 7.57. The molecule has 0 bridgehead atoms. The van der Waals surface area contributed by atoms with E-state index in [2.05, 4.69) is 0 Å². The smallest absolute Gasteiger partial charge is 0.344 e. The van der Waals surface area contributed by atoms with Crippen LogP contribution in [0.3, 0.4) is 0 Å². The molecule has 0 saturated carbocycles. The molecule has 0 aliphatic heterocycles. The van der Waals surface area contributed by atoms with Gasteiger partial charge < -0.3 is 28.4 Å². The van der Waals surface area contributed by atoms with Gasteiger partial charge in [-0.3, -0.25) is 9.59 Å². The van der Waals surface area contributed by atoms with Gasteiger partial charge in [-0.1, -0.05) is 61.3 Å². The van der Waals surface area contributed by atoms with Crippen LogP contribution in [0.1, 0.15) is 27.7 Å². The molecule has 0 amide bonds. The first-order valence-corrected chi connectivity index (χ1v) is 19.8. The second-order valence-electron chi connectivity index (χ2n) is 13.7. The molecule has 14 heteroatoms. The molecule has 55 heavy (non-hydrogen) atoms. The highest BCUT2D eigenvalue weighted by Crippen LogP contribution is 2.37. The predicted molar refractivity (Wildman–Crippen MR) is 219 cm³/mol. The highest BCUT2D eigenvalue weighted by Gasteiger charge is 2.22. The molecule has 6 rings (SSSR count). The van der Waals surface area contributed by atoms with Gasteiger partial charge in [0.25, 0.3) is 0 Å². The minimum atomic E-state index is -0.587. The number of benzene rings is 4. The van der Waals surface area contributed by atoms with Gasteiger partial charge in [-0.2, -0.15) is 0 Å². The van der Waals surface area contributed by atoms with E-state index >= 15 is 0 Å². The Morgan fingerprint density at radius 3 is 1.45 bits per heavy atom. The zero-order chi connectivity index (χ0) is 39.3. The number of carbonyl (C=O) groups is 2. The monoisotopic (exact) mass is 824 g/mol. The van der Waals surface area contributed by atoms with Crippen molar-refractivity contribution < 1.29 is 38.0 Å². The van der Waals surface area contributed by atoms with E-state index in [1.165, 1.54) is 22.7 Å².